The van der Waals surface area contributed by atoms with Crippen LogP contribution >= 0.6 is 23.2 Å². The van der Waals surface area contributed by atoms with Gasteiger partial charge < -0.3 is 10.4 Å². The summed E-state index contributed by atoms with van der Waals surface area (Å²) in [5, 5.41) is 13.5. The van der Waals surface area contributed by atoms with Crippen molar-refractivity contribution in [1.82, 2.24) is 19.1 Å². The predicted octanol–water partition coefficient (Wildman–Crippen LogP) is 3.34. The summed E-state index contributed by atoms with van der Waals surface area (Å²) < 4.78 is 3.23. The second-order valence-electron chi connectivity index (χ2n) is 6.72. The fourth-order valence-electron chi connectivity index (χ4n) is 2.66. The first-order valence-corrected chi connectivity index (χ1v) is 8.78. The van der Waals surface area contributed by atoms with Crippen LogP contribution in [0.4, 0.5) is 11.5 Å². The minimum Gasteiger partial charge on any atom is -0.390 e. The molecule has 0 radical (unpaired) electrons. The van der Waals surface area contributed by atoms with Crippen molar-refractivity contribution in [3.8, 4) is 0 Å². The lowest BCUT2D eigenvalue weighted by Crippen LogP contribution is -2.27. The van der Waals surface area contributed by atoms with Crippen molar-refractivity contribution in [2.75, 3.05) is 5.32 Å². The number of anilines is 2. The Bertz CT molecular complexity index is 1020. The van der Waals surface area contributed by atoms with Crippen molar-refractivity contribution >= 4 is 45.7 Å². The second kappa shape index (κ2) is 6.90. The van der Waals surface area contributed by atoms with Gasteiger partial charge in [0.25, 0.3) is 0 Å². The average Bonchev–Trinajstić information content (AvgIpc) is 2.79. The monoisotopic (exact) mass is 395 g/mol. The smallest absolute Gasteiger partial charge is 0.328 e. The summed E-state index contributed by atoms with van der Waals surface area (Å²) >= 11 is 11.9. The Morgan fingerprint density at radius 3 is 2.69 bits per heavy atom. The number of nitrogens with zero attached hydrogens (tertiary/aromatic N) is 4. The number of imidazole rings is 1. The van der Waals surface area contributed by atoms with Crippen LogP contribution < -0.4 is 11.0 Å². The summed E-state index contributed by atoms with van der Waals surface area (Å²) in [4.78, 5) is 20.4. The van der Waals surface area contributed by atoms with Crippen LogP contribution in [0.1, 0.15) is 20.3 Å². The van der Waals surface area contributed by atoms with E-state index in [1.165, 1.54) is 6.20 Å². The maximum atomic E-state index is 12.5. The molecule has 0 aliphatic heterocycles. The highest BCUT2D eigenvalue weighted by atomic mass is 35.5. The topological polar surface area (TPSA) is 85.0 Å². The standard InChI is InChI=1S/C17H19Cl2N5O2/c1-17(2,26)6-7-24-13-8-10(4-5-12(13)23(3)16(24)25)21-14-11(18)9-20-15(19)22-14/h4-5,8-9,26H,6-7H2,1-3H3,(H,20,21,22). The van der Waals surface area contributed by atoms with Crippen LogP contribution in [0, 0.1) is 0 Å². The normalized spacial score (nSPS) is 11.9. The van der Waals surface area contributed by atoms with Gasteiger partial charge in [-0.1, -0.05) is 11.6 Å². The predicted molar refractivity (Wildman–Crippen MR) is 103 cm³/mol. The minimum atomic E-state index is -0.858. The molecule has 0 amide bonds. The molecule has 0 saturated heterocycles. The number of aromatic nitrogens is 4. The first kappa shape index (κ1) is 18.7. The van der Waals surface area contributed by atoms with Crippen LogP contribution in [0.5, 0.6) is 0 Å². The summed E-state index contributed by atoms with van der Waals surface area (Å²) in [6.07, 6.45) is 1.87. The largest absolute Gasteiger partial charge is 0.390 e. The van der Waals surface area contributed by atoms with E-state index in [-0.39, 0.29) is 11.0 Å². The van der Waals surface area contributed by atoms with E-state index in [9.17, 15) is 9.90 Å². The zero-order chi connectivity index (χ0) is 19.1. The summed E-state index contributed by atoms with van der Waals surface area (Å²) in [6.45, 7) is 3.84. The molecule has 0 bridgehead atoms. The second-order valence-corrected chi connectivity index (χ2v) is 7.46. The lowest BCUT2D eigenvalue weighted by Gasteiger charge is -2.17. The first-order valence-electron chi connectivity index (χ1n) is 8.02. The zero-order valence-corrected chi connectivity index (χ0v) is 16.1. The van der Waals surface area contributed by atoms with Gasteiger partial charge in [0.15, 0.2) is 5.82 Å². The zero-order valence-electron chi connectivity index (χ0n) is 14.6. The van der Waals surface area contributed by atoms with Gasteiger partial charge in [-0.3, -0.25) is 9.13 Å². The molecule has 0 aliphatic carbocycles. The molecule has 1 aromatic carbocycles. The molecule has 0 spiro atoms. The van der Waals surface area contributed by atoms with E-state index in [0.717, 1.165) is 11.0 Å². The van der Waals surface area contributed by atoms with E-state index in [0.29, 0.717) is 29.5 Å². The van der Waals surface area contributed by atoms with Crippen molar-refractivity contribution in [3.05, 3.63) is 45.2 Å². The molecule has 26 heavy (non-hydrogen) atoms. The quantitative estimate of drug-likeness (QED) is 0.647. The van der Waals surface area contributed by atoms with Crippen molar-refractivity contribution in [2.45, 2.75) is 32.4 Å². The Kier molecular flexibility index (Phi) is 4.96. The molecule has 7 nitrogen and oxygen atoms in total. The number of halogens is 2. The number of hydrogen-bond donors (Lipinski definition) is 2. The van der Waals surface area contributed by atoms with E-state index in [2.05, 4.69) is 15.3 Å². The fourth-order valence-corrected chi connectivity index (χ4v) is 2.93. The van der Waals surface area contributed by atoms with Gasteiger partial charge in [-0.15, -0.1) is 0 Å². The van der Waals surface area contributed by atoms with Crippen molar-refractivity contribution in [2.24, 2.45) is 7.05 Å². The number of rotatable bonds is 5. The highest BCUT2D eigenvalue weighted by molar-refractivity contribution is 6.33. The molecular formula is C17H19Cl2N5O2. The molecule has 138 valence electrons. The third kappa shape index (κ3) is 3.85. The molecule has 2 N–H and O–H groups in total. The molecular weight excluding hydrogens is 377 g/mol. The third-order valence-electron chi connectivity index (χ3n) is 4.07. The fraction of sp³-hybridized carbons (Fsp3) is 0.353. The maximum Gasteiger partial charge on any atom is 0.328 e. The van der Waals surface area contributed by atoms with Crippen molar-refractivity contribution in [3.63, 3.8) is 0 Å². The Hall–Kier alpha value is -2.09. The highest BCUT2D eigenvalue weighted by Crippen LogP contribution is 2.26. The Balaban J connectivity index is 2.01. The molecule has 0 atom stereocenters. The summed E-state index contributed by atoms with van der Waals surface area (Å²) in [6, 6.07) is 5.51. The Morgan fingerprint density at radius 2 is 2.00 bits per heavy atom. The molecule has 0 aliphatic rings. The number of fused-ring (bicyclic) bond motifs is 1. The molecule has 0 fully saturated rings. The molecule has 3 rings (SSSR count). The van der Waals surface area contributed by atoms with Gasteiger partial charge in [0, 0.05) is 19.3 Å². The lowest BCUT2D eigenvalue weighted by atomic mass is 10.1. The van der Waals surface area contributed by atoms with Gasteiger partial charge in [0.05, 0.1) is 22.8 Å². The van der Waals surface area contributed by atoms with Gasteiger partial charge >= 0.3 is 5.69 Å². The van der Waals surface area contributed by atoms with Crippen molar-refractivity contribution in [1.29, 1.82) is 0 Å². The Morgan fingerprint density at radius 1 is 1.27 bits per heavy atom. The lowest BCUT2D eigenvalue weighted by molar-refractivity contribution is 0.0662. The van der Waals surface area contributed by atoms with E-state index in [4.69, 9.17) is 23.2 Å². The number of nitrogens with one attached hydrogen (secondary N) is 1. The number of hydrogen-bond acceptors (Lipinski definition) is 5. The summed E-state index contributed by atoms with van der Waals surface area (Å²) in [5.74, 6) is 0.382. The van der Waals surface area contributed by atoms with Crippen LogP contribution in [0.3, 0.4) is 0 Å². The molecule has 9 heteroatoms. The highest BCUT2D eigenvalue weighted by Gasteiger charge is 2.17. The van der Waals surface area contributed by atoms with E-state index >= 15 is 0 Å². The number of benzene rings is 1. The molecule has 2 heterocycles. The average molecular weight is 396 g/mol. The van der Waals surface area contributed by atoms with Gasteiger partial charge in [-0.2, -0.15) is 4.98 Å². The van der Waals surface area contributed by atoms with Crippen LogP contribution in [0.25, 0.3) is 11.0 Å². The van der Waals surface area contributed by atoms with Crippen LogP contribution in [-0.4, -0.2) is 29.8 Å². The van der Waals surface area contributed by atoms with E-state index in [1.54, 1.807) is 30.0 Å². The number of aliphatic hydroxyl groups is 1. The summed E-state index contributed by atoms with van der Waals surface area (Å²) in [7, 11) is 1.72. The number of aryl methyl sites for hydroxylation is 2. The van der Waals surface area contributed by atoms with Gasteiger partial charge in [-0.05, 0) is 50.1 Å². The minimum absolute atomic E-state index is 0.0831. The maximum absolute atomic E-state index is 12.5. The van der Waals surface area contributed by atoms with Gasteiger partial charge in [0.2, 0.25) is 5.28 Å². The SMILES string of the molecule is Cn1c(=O)n(CCC(C)(C)O)c2cc(Nc3nc(Cl)ncc3Cl)ccc21. The van der Waals surface area contributed by atoms with E-state index < -0.39 is 5.60 Å². The molecule has 3 aromatic rings. The van der Waals surface area contributed by atoms with Crippen molar-refractivity contribution < 1.29 is 5.11 Å². The van der Waals surface area contributed by atoms with E-state index in [1.807, 2.05) is 18.2 Å². The summed E-state index contributed by atoms with van der Waals surface area (Å²) in [5.41, 5.74) is 1.26. The third-order valence-corrected chi connectivity index (χ3v) is 4.53. The molecule has 0 unspecified atom stereocenters. The van der Waals surface area contributed by atoms with Crippen LogP contribution in [-0.2, 0) is 13.6 Å². The van der Waals surface area contributed by atoms with Crippen LogP contribution in [0.15, 0.2) is 29.2 Å². The first-order chi connectivity index (χ1) is 12.2. The van der Waals surface area contributed by atoms with Gasteiger partial charge in [0.1, 0.15) is 5.02 Å². The molecule has 0 saturated carbocycles. The Labute approximate surface area is 160 Å². The van der Waals surface area contributed by atoms with Gasteiger partial charge in [-0.25, -0.2) is 9.78 Å². The molecule has 2 aromatic heterocycles. The van der Waals surface area contributed by atoms with Crippen LogP contribution in [0.2, 0.25) is 10.3 Å².